The minimum absolute atomic E-state index is 0.146. The highest BCUT2D eigenvalue weighted by atomic mass is 16.3. The Labute approximate surface area is 73.8 Å². The molecule has 3 N–H and O–H groups in total. The van der Waals surface area contributed by atoms with Crippen molar-refractivity contribution in [2.75, 3.05) is 13.2 Å². The summed E-state index contributed by atoms with van der Waals surface area (Å²) in [7, 11) is 0. The van der Waals surface area contributed by atoms with Crippen molar-refractivity contribution >= 4 is 0 Å². The van der Waals surface area contributed by atoms with Crippen LogP contribution in [0.15, 0.2) is 0 Å². The van der Waals surface area contributed by atoms with Gasteiger partial charge in [-0.3, -0.25) is 0 Å². The number of hydrogen-bond donors (Lipinski definition) is 3. The summed E-state index contributed by atoms with van der Waals surface area (Å²) in [5, 5.41) is 21.1. The Balaban J connectivity index is 2.20. The summed E-state index contributed by atoms with van der Waals surface area (Å²) in [5.41, 5.74) is 0.274. The van der Waals surface area contributed by atoms with E-state index in [1.54, 1.807) is 0 Å². The van der Waals surface area contributed by atoms with Gasteiger partial charge in [0.25, 0.3) is 0 Å². The largest absolute Gasteiger partial charge is 0.394 e. The minimum atomic E-state index is -0.603. The van der Waals surface area contributed by atoms with E-state index in [1.165, 1.54) is 19.3 Å². The number of aliphatic hydroxyl groups is 2. The van der Waals surface area contributed by atoms with Crippen molar-refractivity contribution < 1.29 is 10.2 Å². The highest BCUT2D eigenvalue weighted by Crippen LogP contribution is 2.34. The summed E-state index contributed by atoms with van der Waals surface area (Å²) in [6.45, 7) is 2.54. The van der Waals surface area contributed by atoms with E-state index in [1.807, 2.05) is 0 Å². The lowest BCUT2D eigenvalue weighted by Gasteiger charge is -2.42. The van der Waals surface area contributed by atoms with Gasteiger partial charge >= 0.3 is 0 Å². The Bertz CT molecular complexity index is 129. The molecule has 0 spiro atoms. The van der Waals surface area contributed by atoms with Gasteiger partial charge < -0.3 is 15.5 Å². The van der Waals surface area contributed by atoms with Crippen LogP contribution >= 0.6 is 0 Å². The molecule has 0 radical (unpaired) electrons. The fraction of sp³-hybridized carbons (Fsp3) is 1.00. The van der Waals surface area contributed by atoms with Crippen molar-refractivity contribution in [1.29, 1.82) is 0 Å². The van der Waals surface area contributed by atoms with Crippen LogP contribution in [0.25, 0.3) is 0 Å². The van der Waals surface area contributed by atoms with E-state index in [-0.39, 0.29) is 12.1 Å². The molecule has 0 heterocycles. The van der Waals surface area contributed by atoms with Crippen LogP contribution in [0.3, 0.4) is 0 Å². The predicted octanol–water partition coefficient (Wildman–Crippen LogP) is 0.262. The summed E-state index contributed by atoms with van der Waals surface area (Å²) in [5.74, 6) is 0. The first-order valence-electron chi connectivity index (χ1n) is 4.76. The zero-order valence-corrected chi connectivity index (χ0v) is 7.71. The van der Waals surface area contributed by atoms with Crippen LogP contribution in [0.2, 0.25) is 0 Å². The molecular weight excluding hydrogens is 154 g/mol. The molecule has 0 bridgehead atoms. The molecule has 12 heavy (non-hydrogen) atoms. The number of aliphatic hydroxyl groups excluding tert-OH is 2. The summed E-state index contributed by atoms with van der Waals surface area (Å²) in [4.78, 5) is 0. The molecule has 1 fully saturated rings. The van der Waals surface area contributed by atoms with Crippen LogP contribution in [0, 0.1) is 0 Å². The van der Waals surface area contributed by atoms with Gasteiger partial charge in [0.05, 0.1) is 12.7 Å². The summed E-state index contributed by atoms with van der Waals surface area (Å²) in [6, 6.07) is 0. The second-order valence-corrected chi connectivity index (χ2v) is 3.70. The highest BCUT2D eigenvalue weighted by molar-refractivity contribution is 4.94. The summed E-state index contributed by atoms with van der Waals surface area (Å²) >= 11 is 0. The second kappa shape index (κ2) is 4.21. The van der Waals surface area contributed by atoms with Gasteiger partial charge in [0.1, 0.15) is 0 Å². The van der Waals surface area contributed by atoms with Gasteiger partial charge in [0, 0.05) is 12.1 Å². The molecule has 0 aromatic rings. The Hall–Kier alpha value is -0.120. The molecule has 0 amide bonds. The predicted molar refractivity (Wildman–Crippen MR) is 48.0 cm³/mol. The van der Waals surface area contributed by atoms with Crippen LogP contribution < -0.4 is 5.32 Å². The van der Waals surface area contributed by atoms with Crippen LogP contribution in [0.1, 0.15) is 32.6 Å². The van der Waals surface area contributed by atoms with E-state index < -0.39 is 6.10 Å². The lowest BCUT2D eigenvalue weighted by atomic mass is 9.75. The quantitative estimate of drug-likeness (QED) is 0.559. The average Bonchev–Trinajstić information content (AvgIpc) is 2.03. The van der Waals surface area contributed by atoms with E-state index in [2.05, 4.69) is 12.2 Å². The van der Waals surface area contributed by atoms with Crippen LogP contribution in [0.4, 0.5) is 0 Å². The number of nitrogens with one attached hydrogen (secondary N) is 1. The van der Waals surface area contributed by atoms with Crippen molar-refractivity contribution in [3.05, 3.63) is 0 Å². The molecular formula is C9H19NO2. The van der Waals surface area contributed by atoms with Crippen LogP contribution in [-0.4, -0.2) is 35.0 Å². The van der Waals surface area contributed by atoms with Crippen molar-refractivity contribution in [1.82, 2.24) is 5.32 Å². The Kier molecular flexibility index (Phi) is 3.50. The van der Waals surface area contributed by atoms with E-state index in [0.29, 0.717) is 6.54 Å². The standard InChI is InChI=1S/C9H19NO2/c1-2-9(4-3-5-9)10-6-8(12)7-11/h8,10-12H,2-7H2,1H3/t8-/m0/s1. The molecule has 72 valence electrons. The van der Waals surface area contributed by atoms with Crippen molar-refractivity contribution in [2.45, 2.75) is 44.2 Å². The second-order valence-electron chi connectivity index (χ2n) is 3.70. The maximum atomic E-state index is 9.12. The van der Waals surface area contributed by atoms with Crippen LogP contribution in [0.5, 0.6) is 0 Å². The first-order valence-corrected chi connectivity index (χ1v) is 4.76. The average molecular weight is 173 g/mol. The van der Waals surface area contributed by atoms with Gasteiger partial charge in [-0.1, -0.05) is 6.92 Å². The Morgan fingerprint density at radius 3 is 2.50 bits per heavy atom. The molecule has 0 saturated heterocycles. The lowest BCUT2D eigenvalue weighted by Crippen LogP contribution is -2.53. The Morgan fingerprint density at radius 1 is 1.50 bits per heavy atom. The molecule has 0 unspecified atom stereocenters. The number of rotatable bonds is 5. The first kappa shape index (κ1) is 9.96. The molecule has 1 saturated carbocycles. The smallest absolute Gasteiger partial charge is 0.0895 e. The number of β-amino-alcohol motifs (C(OH)–C–C–N with tert-alkyl or cyclic N) is 1. The zero-order chi connectivity index (χ0) is 9.03. The van der Waals surface area contributed by atoms with E-state index in [4.69, 9.17) is 10.2 Å². The normalized spacial score (nSPS) is 23.2. The first-order chi connectivity index (χ1) is 5.72. The third-order valence-electron chi connectivity index (χ3n) is 2.91. The van der Waals surface area contributed by atoms with Gasteiger partial charge in [0.15, 0.2) is 0 Å². The molecule has 1 atom stereocenters. The zero-order valence-electron chi connectivity index (χ0n) is 7.71. The summed E-state index contributed by atoms with van der Waals surface area (Å²) in [6.07, 6.45) is 4.22. The lowest BCUT2D eigenvalue weighted by molar-refractivity contribution is 0.0725. The molecule has 1 aliphatic carbocycles. The fourth-order valence-electron chi connectivity index (χ4n) is 1.66. The van der Waals surface area contributed by atoms with Gasteiger partial charge in [0.2, 0.25) is 0 Å². The van der Waals surface area contributed by atoms with E-state index >= 15 is 0 Å². The molecule has 0 aromatic carbocycles. The monoisotopic (exact) mass is 173 g/mol. The SMILES string of the molecule is CCC1(NC[C@H](O)CO)CCC1. The van der Waals surface area contributed by atoms with Gasteiger partial charge in [-0.05, 0) is 25.7 Å². The van der Waals surface area contributed by atoms with Crippen molar-refractivity contribution in [2.24, 2.45) is 0 Å². The van der Waals surface area contributed by atoms with Crippen molar-refractivity contribution in [3.63, 3.8) is 0 Å². The van der Waals surface area contributed by atoms with Crippen molar-refractivity contribution in [3.8, 4) is 0 Å². The fourth-order valence-corrected chi connectivity index (χ4v) is 1.66. The molecule has 3 nitrogen and oxygen atoms in total. The molecule has 0 aliphatic heterocycles. The highest BCUT2D eigenvalue weighted by Gasteiger charge is 2.34. The summed E-state index contributed by atoms with van der Waals surface area (Å²) < 4.78 is 0. The third kappa shape index (κ3) is 2.19. The van der Waals surface area contributed by atoms with Gasteiger partial charge in [-0.2, -0.15) is 0 Å². The van der Waals surface area contributed by atoms with E-state index in [0.717, 1.165) is 6.42 Å². The minimum Gasteiger partial charge on any atom is -0.394 e. The molecule has 3 heteroatoms. The topological polar surface area (TPSA) is 52.5 Å². The van der Waals surface area contributed by atoms with Gasteiger partial charge in [-0.15, -0.1) is 0 Å². The molecule has 1 rings (SSSR count). The van der Waals surface area contributed by atoms with Crippen LogP contribution in [-0.2, 0) is 0 Å². The van der Waals surface area contributed by atoms with Gasteiger partial charge in [-0.25, -0.2) is 0 Å². The maximum absolute atomic E-state index is 9.12. The van der Waals surface area contributed by atoms with E-state index in [9.17, 15) is 0 Å². The molecule has 1 aliphatic rings. The Morgan fingerprint density at radius 2 is 2.17 bits per heavy atom. The maximum Gasteiger partial charge on any atom is 0.0895 e. The number of hydrogen-bond acceptors (Lipinski definition) is 3. The third-order valence-corrected chi connectivity index (χ3v) is 2.91. The molecule has 0 aromatic heterocycles.